The third-order valence-corrected chi connectivity index (χ3v) is 3.80. The highest BCUT2D eigenvalue weighted by atomic mass is 16.6. The van der Waals surface area contributed by atoms with E-state index in [1.54, 1.807) is 9.47 Å². The van der Waals surface area contributed by atoms with Gasteiger partial charge in [-0.15, -0.1) is 0 Å². The van der Waals surface area contributed by atoms with Crippen LogP contribution >= 0.6 is 0 Å². The first-order valence-electron chi connectivity index (χ1n) is 7.18. The lowest BCUT2D eigenvalue weighted by Crippen LogP contribution is -2.42. The van der Waals surface area contributed by atoms with Crippen molar-refractivity contribution in [1.82, 2.24) is 14.5 Å². The third-order valence-electron chi connectivity index (χ3n) is 3.80. The fourth-order valence-electron chi connectivity index (χ4n) is 2.63. The van der Waals surface area contributed by atoms with Crippen LogP contribution in [0.4, 0.5) is 5.82 Å². The van der Waals surface area contributed by atoms with Crippen molar-refractivity contribution >= 4 is 11.7 Å². The minimum Gasteiger partial charge on any atom is -0.394 e. The number of hydrogen-bond donors (Lipinski definition) is 1. The van der Waals surface area contributed by atoms with Gasteiger partial charge in [-0.3, -0.25) is 4.79 Å². The van der Waals surface area contributed by atoms with Crippen LogP contribution in [0.2, 0.25) is 0 Å². The molecule has 0 aromatic carbocycles. The average Bonchev–Trinajstić information content (AvgIpc) is 2.82. The van der Waals surface area contributed by atoms with Crippen molar-refractivity contribution in [3.63, 3.8) is 0 Å². The smallest absolute Gasteiger partial charge is 0.381 e. The number of carbonyl (C=O) groups is 1. The molecule has 1 N–H and O–H groups in total. The molecule has 1 aliphatic heterocycles. The summed E-state index contributed by atoms with van der Waals surface area (Å²) in [5, 5.41) is 19.9. The fraction of sp³-hybridized carbons (Fsp3) is 0.692. The molecule has 1 atom stereocenters. The zero-order valence-electron chi connectivity index (χ0n) is 11.8. The van der Waals surface area contributed by atoms with Crippen LogP contribution in [0.25, 0.3) is 0 Å². The number of aliphatic hydroxyl groups excluding tert-OH is 1. The minimum absolute atomic E-state index is 0.0116. The van der Waals surface area contributed by atoms with Crippen molar-refractivity contribution in [2.24, 2.45) is 0 Å². The lowest BCUT2D eigenvalue weighted by molar-refractivity contribution is -0.389. The Balaban J connectivity index is 1.91. The molecule has 1 amide bonds. The summed E-state index contributed by atoms with van der Waals surface area (Å²) in [5.41, 5.74) is 0. The number of likely N-dealkylation sites (tertiary alicyclic amines) is 1. The second-order valence-electron chi connectivity index (χ2n) is 5.25. The second-order valence-corrected chi connectivity index (χ2v) is 5.25. The monoisotopic (exact) mass is 296 g/mol. The minimum atomic E-state index is -0.561. The second kappa shape index (κ2) is 7.16. The summed E-state index contributed by atoms with van der Waals surface area (Å²) in [4.78, 5) is 27.7. The van der Waals surface area contributed by atoms with E-state index in [9.17, 15) is 20.0 Å². The lowest BCUT2D eigenvalue weighted by atomic mass is 10.1. The van der Waals surface area contributed by atoms with Crippen LogP contribution in [0.15, 0.2) is 12.5 Å². The van der Waals surface area contributed by atoms with Crippen molar-refractivity contribution in [1.29, 1.82) is 0 Å². The maximum Gasteiger partial charge on any atom is 0.381 e. The number of imidazole rings is 1. The van der Waals surface area contributed by atoms with Crippen LogP contribution in [-0.2, 0) is 11.3 Å². The van der Waals surface area contributed by atoms with Crippen molar-refractivity contribution < 1.29 is 14.8 Å². The number of hydrogen-bond acceptors (Lipinski definition) is 5. The summed E-state index contributed by atoms with van der Waals surface area (Å²) < 4.78 is 1.54. The van der Waals surface area contributed by atoms with E-state index in [1.165, 1.54) is 12.5 Å². The number of aromatic nitrogens is 2. The quantitative estimate of drug-likeness (QED) is 0.643. The molecule has 0 radical (unpaired) electrons. The summed E-state index contributed by atoms with van der Waals surface area (Å²) in [6, 6.07) is -0.0999. The van der Waals surface area contributed by atoms with E-state index in [2.05, 4.69) is 4.98 Å². The van der Waals surface area contributed by atoms with Gasteiger partial charge < -0.3 is 24.7 Å². The molecule has 1 unspecified atom stereocenters. The zero-order chi connectivity index (χ0) is 15.2. The molecule has 2 rings (SSSR count). The Morgan fingerprint density at radius 2 is 2.29 bits per heavy atom. The van der Waals surface area contributed by atoms with Crippen LogP contribution in [0, 0.1) is 10.1 Å². The molecule has 21 heavy (non-hydrogen) atoms. The van der Waals surface area contributed by atoms with Gasteiger partial charge in [-0.2, -0.15) is 0 Å². The molecule has 8 nitrogen and oxygen atoms in total. The Morgan fingerprint density at radius 1 is 1.48 bits per heavy atom. The van der Waals surface area contributed by atoms with E-state index in [1.807, 2.05) is 0 Å². The summed E-state index contributed by atoms with van der Waals surface area (Å²) in [6.07, 6.45) is 6.83. The summed E-state index contributed by atoms with van der Waals surface area (Å²) >= 11 is 0. The topological polar surface area (TPSA) is 102 Å². The van der Waals surface area contributed by atoms with Crippen molar-refractivity contribution in [3.8, 4) is 0 Å². The number of nitro groups is 1. The highest BCUT2D eigenvalue weighted by Crippen LogP contribution is 2.17. The first-order chi connectivity index (χ1) is 10.1. The van der Waals surface area contributed by atoms with Gasteiger partial charge in [0.15, 0.2) is 0 Å². The predicted molar refractivity (Wildman–Crippen MR) is 74.6 cm³/mol. The van der Waals surface area contributed by atoms with Crippen LogP contribution in [0.5, 0.6) is 0 Å². The van der Waals surface area contributed by atoms with Crippen molar-refractivity contribution in [2.75, 3.05) is 13.2 Å². The number of carbonyl (C=O) groups excluding carboxylic acids is 1. The molecule has 0 saturated carbocycles. The first kappa shape index (κ1) is 15.4. The SMILES string of the molecule is O=C(CCn1cnc([N+](=O)[O-])c1)N1CCCCCC1CO. The van der Waals surface area contributed by atoms with Gasteiger partial charge in [-0.1, -0.05) is 12.8 Å². The molecule has 1 aromatic rings. The van der Waals surface area contributed by atoms with E-state index in [0.717, 1.165) is 25.7 Å². The van der Waals surface area contributed by atoms with Gasteiger partial charge in [-0.05, 0) is 22.7 Å². The highest BCUT2D eigenvalue weighted by molar-refractivity contribution is 5.76. The maximum atomic E-state index is 12.3. The molecular formula is C13H20N4O4. The Bertz CT molecular complexity index is 502. The first-order valence-corrected chi connectivity index (χ1v) is 7.18. The van der Waals surface area contributed by atoms with Gasteiger partial charge in [0.1, 0.15) is 6.20 Å². The average molecular weight is 296 g/mol. The number of aryl methyl sites for hydroxylation is 1. The van der Waals surface area contributed by atoms with Crippen LogP contribution in [-0.4, -0.2) is 49.6 Å². The van der Waals surface area contributed by atoms with Gasteiger partial charge in [0, 0.05) is 19.5 Å². The number of rotatable bonds is 5. The molecule has 0 aliphatic carbocycles. The molecule has 0 bridgehead atoms. The van der Waals surface area contributed by atoms with Gasteiger partial charge >= 0.3 is 5.82 Å². The van der Waals surface area contributed by atoms with Crippen LogP contribution in [0.1, 0.15) is 32.1 Å². The Labute approximate surface area is 122 Å². The molecule has 1 aromatic heterocycles. The number of nitrogens with zero attached hydrogens (tertiary/aromatic N) is 4. The summed E-state index contributed by atoms with van der Waals surface area (Å²) in [5.74, 6) is -0.238. The molecular weight excluding hydrogens is 276 g/mol. The molecule has 116 valence electrons. The van der Waals surface area contributed by atoms with E-state index < -0.39 is 4.92 Å². The molecule has 1 saturated heterocycles. The maximum absolute atomic E-state index is 12.3. The number of aliphatic hydroxyl groups is 1. The summed E-state index contributed by atoms with van der Waals surface area (Å²) in [6.45, 7) is 1.02. The van der Waals surface area contributed by atoms with Crippen molar-refractivity contribution in [2.45, 2.75) is 44.7 Å². The van der Waals surface area contributed by atoms with Gasteiger partial charge in [0.05, 0.1) is 12.6 Å². The zero-order valence-corrected chi connectivity index (χ0v) is 11.8. The Hall–Kier alpha value is -1.96. The molecule has 2 heterocycles. The molecule has 1 fully saturated rings. The lowest BCUT2D eigenvalue weighted by Gasteiger charge is -2.28. The van der Waals surface area contributed by atoms with Gasteiger partial charge in [0.2, 0.25) is 12.2 Å². The van der Waals surface area contributed by atoms with E-state index in [0.29, 0.717) is 13.1 Å². The third kappa shape index (κ3) is 4.01. The Kier molecular flexibility index (Phi) is 5.26. The number of amides is 1. The van der Waals surface area contributed by atoms with Crippen LogP contribution < -0.4 is 0 Å². The molecule has 8 heteroatoms. The summed E-state index contributed by atoms with van der Waals surface area (Å²) in [7, 11) is 0. The van der Waals surface area contributed by atoms with Crippen LogP contribution in [0.3, 0.4) is 0 Å². The molecule has 1 aliphatic rings. The standard InChI is InChI=1S/C13H20N4O4/c18-9-11-4-2-1-3-6-16(11)13(19)5-7-15-8-12(14-10-15)17(20)21/h8,10-11,18H,1-7,9H2. The normalized spacial score (nSPS) is 19.3. The largest absolute Gasteiger partial charge is 0.394 e. The van der Waals surface area contributed by atoms with Gasteiger partial charge in [-0.25, -0.2) is 0 Å². The van der Waals surface area contributed by atoms with E-state index in [-0.39, 0.29) is 30.8 Å². The fourth-order valence-corrected chi connectivity index (χ4v) is 2.63. The van der Waals surface area contributed by atoms with Gasteiger partial charge in [0.25, 0.3) is 0 Å². The highest BCUT2D eigenvalue weighted by Gasteiger charge is 2.24. The Morgan fingerprint density at radius 3 is 2.95 bits per heavy atom. The van der Waals surface area contributed by atoms with Crippen molar-refractivity contribution in [3.05, 3.63) is 22.6 Å². The predicted octanol–water partition coefficient (Wildman–Crippen LogP) is 0.945. The van der Waals surface area contributed by atoms with E-state index in [4.69, 9.17) is 0 Å². The van der Waals surface area contributed by atoms with E-state index >= 15 is 0 Å². The molecule has 0 spiro atoms.